The first-order valence-corrected chi connectivity index (χ1v) is 4.70. The van der Waals surface area contributed by atoms with Gasteiger partial charge in [-0.05, 0) is 29.0 Å². The van der Waals surface area contributed by atoms with Crippen molar-refractivity contribution in [2.45, 2.75) is 12.2 Å². The summed E-state index contributed by atoms with van der Waals surface area (Å²) in [7, 11) is 1.10. The molecule has 15 heavy (non-hydrogen) atoms. The molecule has 0 bridgehead atoms. The van der Waals surface area contributed by atoms with Crippen molar-refractivity contribution in [1.29, 1.82) is 0 Å². The summed E-state index contributed by atoms with van der Waals surface area (Å²) in [5, 5.41) is 1.98. The molecule has 0 aliphatic rings. The number of aromatic nitrogens is 1. The van der Waals surface area contributed by atoms with E-state index < -0.39 is 23.7 Å². The molecule has 0 amide bonds. The van der Waals surface area contributed by atoms with Gasteiger partial charge in [0.15, 0.2) is 0 Å². The number of hydrogen-bond donors (Lipinski definition) is 1. The third kappa shape index (κ3) is 2.88. The first-order valence-electron chi connectivity index (χ1n) is 3.91. The molecule has 0 radical (unpaired) electrons. The maximum atomic E-state index is 13.2. The summed E-state index contributed by atoms with van der Waals surface area (Å²) < 4.78 is 50.7. The fraction of sp³-hybridized carbons (Fsp3) is 0.375. The van der Waals surface area contributed by atoms with E-state index in [0.717, 1.165) is 19.3 Å². The van der Waals surface area contributed by atoms with Crippen molar-refractivity contribution in [3.8, 4) is 0 Å². The van der Waals surface area contributed by atoms with Crippen molar-refractivity contribution in [2.24, 2.45) is 0 Å². The summed E-state index contributed by atoms with van der Waals surface area (Å²) in [6.07, 6.45) is -3.45. The number of rotatable bonds is 2. The van der Waals surface area contributed by atoms with Crippen LogP contribution in [0.2, 0.25) is 0 Å². The van der Waals surface area contributed by atoms with Gasteiger partial charge in [0.05, 0.1) is 0 Å². The minimum absolute atomic E-state index is 0.292. The van der Waals surface area contributed by atoms with E-state index in [-0.39, 0.29) is 0 Å². The molecule has 1 aromatic rings. The Kier molecular flexibility index (Phi) is 3.67. The molecular weight excluding hydrogens is 280 g/mol. The highest BCUT2D eigenvalue weighted by Crippen LogP contribution is 2.32. The maximum absolute atomic E-state index is 13.2. The zero-order valence-electron chi connectivity index (χ0n) is 7.57. The van der Waals surface area contributed by atoms with Crippen LogP contribution in [0.3, 0.4) is 0 Å². The van der Waals surface area contributed by atoms with Crippen LogP contribution in [0.25, 0.3) is 0 Å². The van der Waals surface area contributed by atoms with Gasteiger partial charge in [-0.15, -0.1) is 0 Å². The second-order valence-corrected chi connectivity index (χ2v) is 3.70. The second kappa shape index (κ2) is 4.44. The zero-order valence-corrected chi connectivity index (χ0v) is 9.16. The predicted octanol–water partition coefficient (Wildman–Crippen LogP) is 2.81. The van der Waals surface area contributed by atoms with Gasteiger partial charge >= 0.3 is 6.18 Å². The Hall–Kier alpha value is -0.690. The van der Waals surface area contributed by atoms with Crippen molar-refractivity contribution in [3.05, 3.63) is 28.2 Å². The van der Waals surface area contributed by atoms with Crippen molar-refractivity contribution in [3.63, 3.8) is 0 Å². The third-order valence-corrected chi connectivity index (χ3v) is 2.16. The van der Waals surface area contributed by atoms with Gasteiger partial charge in [-0.2, -0.15) is 13.2 Å². The van der Waals surface area contributed by atoms with Crippen LogP contribution in [0.4, 0.5) is 17.6 Å². The lowest BCUT2D eigenvalue weighted by Crippen LogP contribution is -2.33. The Balaban J connectivity index is 3.13. The van der Waals surface area contributed by atoms with Crippen LogP contribution in [0.5, 0.6) is 0 Å². The maximum Gasteiger partial charge on any atom is 0.409 e. The van der Waals surface area contributed by atoms with Crippen molar-refractivity contribution >= 4 is 15.9 Å². The molecule has 1 N–H and O–H groups in total. The van der Waals surface area contributed by atoms with Gasteiger partial charge in [0, 0.05) is 10.7 Å². The van der Waals surface area contributed by atoms with E-state index in [4.69, 9.17) is 0 Å². The monoisotopic (exact) mass is 286 g/mol. The van der Waals surface area contributed by atoms with Crippen molar-refractivity contribution in [1.82, 2.24) is 10.3 Å². The van der Waals surface area contributed by atoms with E-state index in [0.29, 0.717) is 4.47 Å². The Morgan fingerprint density at radius 2 is 2.07 bits per heavy atom. The predicted molar refractivity (Wildman–Crippen MR) is 49.8 cm³/mol. The largest absolute Gasteiger partial charge is 0.409 e. The molecular formula is C8H7BrF4N2. The van der Waals surface area contributed by atoms with Gasteiger partial charge in [-0.25, -0.2) is 4.39 Å². The summed E-state index contributed by atoms with van der Waals surface area (Å²) in [5.74, 6) is -0.999. The average molecular weight is 287 g/mol. The molecule has 0 aromatic carbocycles. The van der Waals surface area contributed by atoms with Crippen molar-refractivity contribution < 1.29 is 17.6 Å². The Bertz CT molecular complexity index is 353. The summed E-state index contributed by atoms with van der Waals surface area (Å²) >= 11 is 2.91. The molecule has 1 atom stereocenters. The third-order valence-electron chi connectivity index (χ3n) is 1.73. The van der Waals surface area contributed by atoms with E-state index in [2.05, 4.69) is 20.9 Å². The van der Waals surface area contributed by atoms with Crippen LogP contribution in [-0.4, -0.2) is 18.2 Å². The number of alkyl halides is 3. The molecule has 0 unspecified atom stereocenters. The SMILES string of the molecule is CN[C@@H](c1ncc(Br)cc1F)C(F)(F)F. The van der Waals surface area contributed by atoms with Crippen LogP contribution < -0.4 is 5.32 Å². The molecule has 1 heterocycles. The molecule has 84 valence electrons. The lowest BCUT2D eigenvalue weighted by atomic mass is 10.2. The summed E-state index contributed by atoms with van der Waals surface area (Å²) in [4.78, 5) is 3.41. The highest BCUT2D eigenvalue weighted by Gasteiger charge is 2.42. The van der Waals surface area contributed by atoms with Gasteiger partial charge in [0.1, 0.15) is 17.6 Å². The minimum atomic E-state index is -4.57. The molecule has 0 saturated carbocycles. The molecule has 0 saturated heterocycles. The van der Waals surface area contributed by atoms with Gasteiger partial charge < -0.3 is 5.32 Å². The lowest BCUT2D eigenvalue weighted by Gasteiger charge is -2.19. The quantitative estimate of drug-likeness (QED) is 0.846. The molecule has 1 aromatic heterocycles. The fourth-order valence-corrected chi connectivity index (χ4v) is 1.40. The molecule has 0 aliphatic carbocycles. The van der Waals surface area contributed by atoms with E-state index in [1.807, 2.05) is 5.32 Å². The molecule has 2 nitrogen and oxygen atoms in total. The first-order chi connectivity index (χ1) is 6.86. The van der Waals surface area contributed by atoms with Crippen LogP contribution in [0.1, 0.15) is 11.7 Å². The van der Waals surface area contributed by atoms with Gasteiger partial charge in [-0.3, -0.25) is 4.98 Å². The van der Waals surface area contributed by atoms with Crippen LogP contribution in [-0.2, 0) is 0 Å². The Morgan fingerprint density at radius 1 is 1.47 bits per heavy atom. The van der Waals surface area contributed by atoms with E-state index in [9.17, 15) is 17.6 Å². The number of hydrogen-bond acceptors (Lipinski definition) is 2. The Morgan fingerprint density at radius 3 is 2.47 bits per heavy atom. The fourth-order valence-electron chi connectivity index (χ4n) is 1.09. The topological polar surface area (TPSA) is 24.9 Å². The van der Waals surface area contributed by atoms with Crippen LogP contribution in [0, 0.1) is 5.82 Å². The second-order valence-electron chi connectivity index (χ2n) is 2.78. The van der Waals surface area contributed by atoms with E-state index >= 15 is 0 Å². The minimum Gasteiger partial charge on any atom is -0.304 e. The normalized spacial score (nSPS) is 14.0. The lowest BCUT2D eigenvalue weighted by molar-refractivity contribution is -0.157. The molecule has 0 spiro atoms. The highest BCUT2D eigenvalue weighted by molar-refractivity contribution is 9.10. The average Bonchev–Trinajstić information content (AvgIpc) is 2.07. The number of nitrogens with zero attached hydrogens (tertiary/aromatic N) is 1. The summed E-state index contributed by atoms with van der Waals surface area (Å²) in [6, 6.07) is -1.15. The van der Waals surface area contributed by atoms with Crippen LogP contribution >= 0.6 is 15.9 Å². The first kappa shape index (κ1) is 12.4. The standard InChI is InChI=1S/C8H7BrF4N2/c1-14-7(8(11,12)13)6-5(10)2-4(9)3-15-6/h2-3,7,14H,1H3/t7-/m0/s1. The summed E-state index contributed by atoms with van der Waals surface area (Å²) in [5.41, 5.74) is -0.659. The van der Waals surface area contributed by atoms with Gasteiger partial charge in [-0.1, -0.05) is 0 Å². The number of halogens is 5. The smallest absolute Gasteiger partial charge is 0.304 e. The number of pyridine rings is 1. The molecule has 0 aliphatic heterocycles. The molecule has 1 rings (SSSR count). The highest BCUT2D eigenvalue weighted by atomic mass is 79.9. The molecule has 7 heteroatoms. The van der Waals surface area contributed by atoms with E-state index in [1.54, 1.807) is 0 Å². The van der Waals surface area contributed by atoms with Crippen molar-refractivity contribution in [2.75, 3.05) is 7.05 Å². The number of nitrogens with one attached hydrogen (secondary N) is 1. The molecule has 0 fully saturated rings. The zero-order chi connectivity index (χ0) is 11.6. The summed E-state index contributed by atoms with van der Waals surface area (Å²) in [6.45, 7) is 0. The van der Waals surface area contributed by atoms with Gasteiger partial charge in [0.25, 0.3) is 0 Å². The Labute approximate surface area is 91.8 Å². The van der Waals surface area contributed by atoms with Gasteiger partial charge in [0.2, 0.25) is 0 Å². The van der Waals surface area contributed by atoms with E-state index in [1.165, 1.54) is 0 Å². The van der Waals surface area contributed by atoms with Crippen LogP contribution in [0.15, 0.2) is 16.7 Å².